The molecule has 0 bridgehead atoms. The predicted octanol–water partition coefficient (Wildman–Crippen LogP) is 2.47. The summed E-state index contributed by atoms with van der Waals surface area (Å²) in [4.78, 5) is 0.252. The molecule has 106 valence electrons. The number of hydrogen-bond donors (Lipinski definition) is 1. The smallest absolute Gasteiger partial charge is 0.261 e. The molecule has 1 heterocycles. The number of rotatable bonds is 3. The van der Waals surface area contributed by atoms with Gasteiger partial charge >= 0.3 is 0 Å². The molecule has 0 amide bonds. The summed E-state index contributed by atoms with van der Waals surface area (Å²) in [6.45, 7) is 0. The molecule has 0 radical (unpaired) electrons. The van der Waals surface area contributed by atoms with E-state index in [0.717, 1.165) is 10.9 Å². The standard InChI is InChI=1S/C16H14N2O2S/c1-18-12-11-15(14-9-5-6-10-16(14)18)17-21(19,20)13-7-3-2-4-8-13/h2-12H,1H3/p+1. The maximum atomic E-state index is 12.4. The van der Waals surface area contributed by atoms with Crippen molar-refractivity contribution in [2.24, 2.45) is 7.05 Å². The first-order chi connectivity index (χ1) is 10.1. The molecule has 3 aromatic rings. The predicted molar refractivity (Wildman–Crippen MR) is 82.4 cm³/mol. The van der Waals surface area contributed by atoms with Gasteiger partial charge in [0.15, 0.2) is 6.20 Å². The van der Waals surface area contributed by atoms with Crippen molar-refractivity contribution >= 4 is 26.6 Å². The number of anilines is 1. The molecule has 4 nitrogen and oxygen atoms in total. The SMILES string of the molecule is C[n+]1ccc(NS(=O)(=O)c2ccccc2)c2ccccc21. The normalized spacial score (nSPS) is 11.5. The summed E-state index contributed by atoms with van der Waals surface area (Å²) in [5.74, 6) is 0. The summed E-state index contributed by atoms with van der Waals surface area (Å²) in [7, 11) is -1.65. The Bertz CT molecular complexity index is 891. The van der Waals surface area contributed by atoms with Crippen LogP contribution in [0.1, 0.15) is 0 Å². The Morgan fingerprint density at radius 3 is 2.33 bits per heavy atom. The fourth-order valence-corrected chi connectivity index (χ4v) is 3.36. The lowest BCUT2D eigenvalue weighted by molar-refractivity contribution is -0.644. The maximum Gasteiger partial charge on any atom is 0.261 e. The Morgan fingerprint density at radius 1 is 0.905 bits per heavy atom. The van der Waals surface area contributed by atoms with E-state index in [9.17, 15) is 8.42 Å². The van der Waals surface area contributed by atoms with Gasteiger partial charge in [-0.05, 0) is 18.2 Å². The van der Waals surface area contributed by atoms with Gasteiger partial charge in [0.2, 0.25) is 5.52 Å². The van der Waals surface area contributed by atoms with E-state index >= 15 is 0 Å². The Labute approximate surface area is 123 Å². The molecular weight excluding hydrogens is 284 g/mol. The topological polar surface area (TPSA) is 50.1 Å². The molecule has 2 aromatic carbocycles. The molecule has 0 atom stereocenters. The molecule has 1 aromatic heterocycles. The lowest BCUT2D eigenvalue weighted by Crippen LogP contribution is -2.28. The van der Waals surface area contributed by atoms with Crippen LogP contribution in [0.15, 0.2) is 71.8 Å². The second-order valence-electron chi connectivity index (χ2n) is 4.78. The van der Waals surface area contributed by atoms with Gasteiger partial charge in [0.05, 0.1) is 16.0 Å². The van der Waals surface area contributed by atoms with Crippen molar-refractivity contribution in [1.82, 2.24) is 0 Å². The maximum absolute atomic E-state index is 12.4. The summed E-state index contributed by atoms with van der Waals surface area (Å²) >= 11 is 0. The van der Waals surface area contributed by atoms with Gasteiger partial charge in [-0.25, -0.2) is 13.0 Å². The first-order valence-corrected chi connectivity index (χ1v) is 8.01. The lowest BCUT2D eigenvalue weighted by atomic mass is 10.2. The third-order valence-electron chi connectivity index (χ3n) is 3.34. The fraction of sp³-hybridized carbons (Fsp3) is 0.0625. The molecule has 1 N–H and O–H groups in total. The number of nitrogens with one attached hydrogen (secondary N) is 1. The number of fused-ring (bicyclic) bond motifs is 1. The van der Waals surface area contributed by atoms with Crippen LogP contribution in [-0.4, -0.2) is 8.42 Å². The van der Waals surface area contributed by atoms with Gasteiger partial charge in [-0.2, -0.15) is 0 Å². The van der Waals surface area contributed by atoms with Gasteiger partial charge in [0, 0.05) is 12.1 Å². The first-order valence-electron chi connectivity index (χ1n) is 6.53. The van der Waals surface area contributed by atoms with Crippen LogP contribution in [0.2, 0.25) is 0 Å². The molecule has 5 heteroatoms. The summed E-state index contributed by atoms with van der Waals surface area (Å²) in [6, 6.07) is 17.8. The van der Waals surface area contributed by atoms with Crippen molar-refractivity contribution in [2.75, 3.05) is 4.72 Å². The molecule has 3 rings (SSSR count). The number of benzene rings is 2. The largest absolute Gasteiger partial charge is 0.279 e. The van der Waals surface area contributed by atoms with Crippen LogP contribution >= 0.6 is 0 Å². The van der Waals surface area contributed by atoms with Crippen LogP contribution in [-0.2, 0) is 17.1 Å². The second kappa shape index (κ2) is 5.18. The lowest BCUT2D eigenvalue weighted by Gasteiger charge is -2.09. The molecule has 0 saturated heterocycles. The average Bonchev–Trinajstić information content (AvgIpc) is 2.51. The number of sulfonamides is 1. The van der Waals surface area contributed by atoms with Crippen LogP contribution in [0, 0.1) is 0 Å². The van der Waals surface area contributed by atoms with Crippen LogP contribution in [0.4, 0.5) is 5.69 Å². The molecule has 0 spiro atoms. The van der Waals surface area contributed by atoms with Crippen molar-refractivity contribution < 1.29 is 13.0 Å². The number of nitrogens with zero attached hydrogens (tertiary/aromatic N) is 1. The summed E-state index contributed by atoms with van der Waals surface area (Å²) in [5.41, 5.74) is 1.54. The van der Waals surface area contributed by atoms with E-state index in [2.05, 4.69) is 4.72 Å². The van der Waals surface area contributed by atoms with Crippen molar-refractivity contribution in [3.63, 3.8) is 0 Å². The highest BCUT2D eigenvalue weighted by molar-refractivity contribution is 7.92. The zero-order valence-corrected chi connectivity index (χ0v) is 12.3. The first kappa shape index (κ1) is 13.6. The van der Waals surface area contributed by atoms with Gasteiger partial charge in [0.25, 0.3) is 10.0 Å². The zero-order chi connectivity index (χ0) is 14.9. The molecule has 0 saturated carbocycles. The van der Waals surface area contributed by atoms with E-state index in [-0.39, 0.29) is 4.90 Å². The van der Waals surface area contributed by atoms with Crippen molar-refractivity contribution in [3.05, 3.63) is 66.9 Å². The summed E-state index contributed by atoms with van der Waals surface area (Å²) in [5, 5.41) is 0.863. The van der Waals surface area contributed by atoms with Gasteiger partial charge in [-0.3, -0.25) is 4.72 Å². The van der Waals surface area contributed by atoms with E-state index in [1.807, 2.05) is 42.1 Å². The van der Waals surface area contributed by atoms with Crippen LogP contribution in [0.3, 0.4) is 0 Å². The van der Waals surface area contributed by atoms with Gasteiger partial charge < -0.3 is 0 Å². The summed E-state index contributed by atoms with van der Waals surface area (Å²) < 4.78 is 29.4. The van der Waals surface area contributed by atoms with Gasteiger partial charge in [-0.15, -0.1) is 0 Å². The molecule has 21 heavy (non-hydrogen) atoms. The average molecular weight is 299 g/mol. The molecule has 0 aliphatic rings. The molecular formula is C16H15N2O2S+. The second-order valence-corrected chi connectivity index (χ2v) is 6.46. The number of aryl methyl sites for hydroxylation is 1. The number of hydrogen-bond acceptors (Lipinski definition) is 2. The van der Waals surface area contributed by atoms with Crippen LogP contribution in [0.5, 0.6) is 0 Å². The Balaban J connectivity index is 2.09. The molecule has 0 unspecified atom stereocenters. The van der Waals surface area contributed by atoms with Crippen molar-refractivity contribution in [2.45, 2.75) is 4.90 Å². The minimum Gasteiger partial charge on any atom is -0.279 e. The molecule has 0 fully saturated rings. The van der Waals surface area contributed by atoms with E-state index in [1.54, 1.807) is 36.4 Å². The highest BCUT2D eigenvalue weighted by atomic mass is 32.2. The Kier molecular flexibility index (Phi) is 3.35. The fourth-order valence-electron chi connectivity index (χ4n) is 2.26. The highest BCUT2D eigenvalue weighted by Crippen LogP contribution is 2.23. The minimum absolute atomic E-state index is 0.252. The highest BCUT2D eigenvalue weighted by Gasteiger charge is 2.17. The summed E-state index contributed by atoms with van der Waals surface area (Å²) in [6.07, 6.45) is 1.84. The van der Waals surface area contributed by atoms with Gasteiger partial charge in [-0.1, -0.05) is 30.3 Å². The third kappa shape index (κ3) is 2.60. The number of aromatic nitrogens is 1. The number of pyridine rings is 1. The molecule has 0 aliphatic carbocycles. The van der Waals surface area contributed by atoms with E-state index in [1.165, 1.54) is 0 Å². The van der Waals surface area contributed by atoms with E-state index in [4.69, 9.17) is 0 Å². The minimum atomic E-state index is -3.58. The van der Waals surface area contributed by atoms with E-state index < -0.39 is 10.0 Å². The van der Waals surface area contributed by atoms with Crippen LogP contribution in [0.25, 0.3) is 10.9 Å². The number of para-hydroxylation sites is 1. The van der Waals surface area contributed by atoms with Gasteiger partial charge in [0.1, 0.15) is 7.05 Å². The van der Waals surface area contributed by atoms with Crippen molar-refractivity contribution in [1.29, 1.82) is 0 Å². The quantitative estimate of drug-likeness (QED) is 0.755. The monoisotopic (exact) mass is 299 g/mol. The Morgan fingerprint density at radius 2 is 1.57 bits per heavy atom. The van der Waals surface area contributed by atoms with Crippen LogP contribution < -0.4 is 9.29 Å². The zero-order valence-electron chi connectivity index (χ0n) is 11.5. The van der Waals surface area contributed by atoms with Crippen molar-refractivity contribution in [3.8, 4) is 0 Å². The van der Waals surface area contributed by atoms with E-state index in [0.29, 0.717) is 5.69 Å². The third-order valence-corrected chi connectivity index (χ3v) is 4.72. The Hall–Kier alpha value is -2.40. The molecule has 0 aliphatic heterocycles.